The van der Waals surface area contributed by atoms with Crippen molar-refractivity contribution in [1.29, 1.82) is 0 Å². The molecule has 1 N–H and O–H groups in total. The van der Waals surface area contributed by atoms with Crippen molar-refractivity contribution in [2.45, 2.75) is 20.8 Å². The lowest BCUT2D eigenvalue weighted by Crippen LogP contribution is -1.87. The van der Waals surface area contributed by atoms with E-state index in [-0.39, 0.29) is 0 Å². The largest absolute Gasteiger partial charge is 0.496 e. The molecule has 3 nitrogen and oxygen atoms in total. The number of nitrogens with zero attached hydrogens (tertiary/aromatic N) is 1. The summed E-state index contributed by atoms with van der Waals surface area (Å²) in [4.78, 5) is 7.85. The Bertz CT molecular complexity index is 1020. The number of fused-ring (bicyclic) bond motifs is 1. The number of H-pyrrole nitrogens is 1. The number of hydrogen-bond acceptors (Lipinski definition) is 2. The highest BCUT2D eigenvalue weighted by molar-refractivity contribution is 5.97. The molecule has 2 aromatic carbocycles. The molecule has 0 aliphatic heterocycles. The maximum absolute atomic E-state index is 5.51. The number of aromatic amines is 1. The SMILES string of the molecule is CC.COc1ccccc1-c1c[nH]c2ncc(-c3cccc(C)c3)cc12. The fourth-order valence-corrected chi connectivity index (χ4v) is 3.08. The van der Waals surface area contributed by atoms with Gasteiger partial charge in [0.05, 0.1) is 7.11 Å². The second-order valence-corrected chi connectivity index (χ2v) is 5.89. The minimum absolute atomic E-state index is 0.861. The molecular weight excluding hydrogens is 320 g/mol. The molecule has 0 spiro atoms. The average Bonchev–Trinajstić information content (AvgIpc) is 3.12. The maximum Gasteiger partial charge on any atom is 0.137 e. The van der Waals surface area contributed by atoms with Crippen LogP contribution in [0.2, 0.25) is 0 Å². The molecular formula is C23H24N2O. The predicted octanol–water partition coefficient (Wildman–Crippen LogP) is 6.24. The van der Waals surface area contributed by atoms with Crippen molar-refractivity contribution in [3.63, 3.8) is 0 Å². The summed E-state index contributed by atoms with van der Waals surface area (Å²) in [5.41, 5.74) is 6.58. The van der Waals surface area contributed by atoms with Gasteiger partial charge in [-0.1, -0.05) is 61.9 Å². The van der Waals surface area contributed by atoms with Crippen LogP contribution in [0.3, 0.4) is 0 Å². The molecule has 0 amide bonds. The van der Waals surface area contributed by atoms with Crippen LogP contribution in [-0.4, -0.2) is 17.1 Å². The summed E-state index contributed by atoms with van der Waals surface area (Å²) in [5.74, 6) is 0.861. The molecule has 4 rings (SSSR count). The molecule has 0 saturated heterocycles. The quantitative estimate of drug-likeness (QED) is 0.477. The van der Waals surface area contributed by atoms with Crippen LogP contribution in [0.1, 0.15) is 19.4 Å². The number of para-hydroxylation sites is 1. The third-order valence-corrected chi connectivity index (χ3v) is 4.28. The van der Waals surface area contributed by atoms with E-state index in [1.54, 1.807) is 7.11 Å². The van der Waals surface area contributed by atoms with Crippen LogP contribution < -0.4 is 4.74 Å². The zero-order valence-corrected chi connectivity index (χ0v) is 15.7. The molecule has 0 atom stereocenters. The van der Waals surface area contributed by atoms with E-state index in [0.29, 0.717) is 0 Å². The summed E-state index contributed by atoms with van der Waals surface area (Å²) < 4.78 is 5.51. The van der Waals surface area contributed by atoms with E-state index in [4.69, 9.17) is 4.74 Å². The maximum atomic E-state index is 5.51. The van der Waals surface area contributed by atoms with Crippen LogP contribution in [0, 0.1) is 6.92 Å². The smallest absolute Gasteiger partial charge is 0.137 e. The van der Waals surface area contributed by atoms with E-state index >= 15 is 0 Å². The number of rotatable bonds is 3. The van der Waals surface area contributed by atoms with Gasteiger partial charge in [0.1, 0.15) is 11.4 Å². The van der Waals surface area contributed by atoms with E-state index in [9.17, 15) is 0 Å². The fraction of sp³-hybridized carbons (Fsp3) is 0.174. The molecule has 0 aliphatic carbocycles. The van der Waals surface area contributed by atoms with Crippen LogP contribution in [-0.2, 0) is 0 Å². The molecule has 0 radical (unpaired) electrons. The van der Waals surface area contributed by atoms with Crippen molar-refractivity contribution >= 4 is 11.0 Å². The van der Waals surface area contributed by atoms with E-state index in [2.05, 4.69) is 53.3 Å². The third kappa shape index (κ3) is 3.33. The van der Waals surface area contributed by atoms with Crippen molar-refractivity contribution in [3.8, 4) is 28.0 Å². The van der Waals surface area contributed by atoms with Crippen LogP contribution in [0.4, 0.5) is 0 Å². The average molecular weight is 344 g/mol. The summed E-state index contributed by atoms with van der Waals surface area (Å²) in [7, 11) is 1.70. The van der Waals surface area contributed by atoms with Gasteiger partial charge in [-0.05, 0) is 24.6 Å². The first kappa shape index (κ1) is 17.7. The Morgan fingerprint density at radius 1 is 0.885 bits per heavy atom. The number of benzene rings is 2. The lowest BCUT2D eigenvalue weighted by atomic mass is 10.0. The van der Waals surface area contributed by atoms with E-state index in [1.807, 2.05) is 44.4 Å². The Hall–Kier alpha value is -3.07. The highest BCUT2D eigenvalue weighted by Crippen LogP contribution is 2.35. The van der Waals surface area contributed by atoms with Gasteiger partial charge < -0.3 is 9.72 Å². The Morgan fingerprint density at radius 3 is 2.46 bits per heavy atom. The Kier molecular flexibility index (Phi) is 5.37. The summed E-state index contributed by atoms with van der Waals surface area (Å²) in [6.07, 6.45) is 3.91. The van der Waals surface area contributed by atoms with Gasteiger partial charge in [-0.3, -0.25) is 0 Å². The van der Waals surface area contributed by atoms with E-state index < -0.39 is 0 Å². The lowest BCUT2D eigenvalue weighted by molar-refractivity contribution is 0.416. The number of aromatic nitrogens is 2. The van der Waals surface area contributed by atoms with Crippen molar-refractivity contribution in [1.82, 2.24) is 9.97 Å². The molecule has 4 aromatic rings. The van der Waals surface area contributed by atoms with E-state index in [0.717, 1.165) is 33.5 Å². The highest BCUT2D eigenvalue weighted by atomic mass is 16.5. The Morgan fingerprint density at radius 2 is 1.69 bits per heavy atom. The molecule has 132 valence electrons. The Labute approximate surface area is 154 Å². The summed E-state index contributed by atoms with van der Waals surface area (Å²) in [6, 6.07) is 18.7. The molecule has 0 bridgehead atoms. The highest BCUT2D eigenvalue weighted by Gasteiger charge is 2.12. The topological polar surface area (TPSA) is 37.9 Å². The van der Waals surface area contributed by atoms with Crippen molar-refractivity contribution in [2.24, 2.45) is 0 Å². The van der Waals surface area contributed by atoms with Crippen molar-refractivity contribution < 1.29 is 4.74 Å². The standard InChI is InChI=1S/C21H18N2O.C2H6/c1-14-6-5-7-15(10-14)16-11-18-19(13-23-21(18)22-12-16)17-8-3-4-9-20(17)24-2;1-2/h3-13H,1-2H3,(H,22,23);1-2H3. The molecule has 0 fully saturated rings. The molecule has 3 heteroatoms. The molecule has 0 unspecified atom stereocenters. The number of aryl methyl sites for hydroxylation is 1. The minimum atomic E-state index is 0.861. The molecule has 26 heavy (non-hydrogen) atoms. The summed E-state index contributed by atoms with van der Waals surface area (Å²) in [6.45, 7) is 6.10. The van der Waals surface area contributed by atoms with Gasteiger partial charge in [-0.25, -0.2) is 4.98 Å². The first-order valence-corrected chi connectivity index (χ1v) is 8.94. The normalized spacial score (nSPS) is 10.3. The Balaban J connectivity index is 0.000000948. The van der Waals surface area contributed by atoms with Gasteiger partial charge in [0.25, 0.3) is 0 Å². The fourth-order valence-electron chi connectivity index (χ4n) is 3.08. The monoisotopic (exact) mass is 344 g/mol. The van der Waals surface area contributed by atoms with Gasteiger partial charge in [0.15, 0.2) is 0 Å². The summed E-state index contributed by atoms with van der Waals surface area (Å²) in [5, 5.41) is 1.10. The molecule has 0 saturated carbocycles. The number of pyridine rings is 1. The summed E-state index contributed by atoms with van der Waals surface area (Å²) >= 11 is 0. The predicted molar refractivity (Wildman–Crippen MR) is 110 cm³/mol. The lowest BCUT2D eigenvalue weighted by Gasteiger charge is -2.08. The second kappa shape index (κ2) is 7.87. The van der Waals surface area contributed by atoms with Gasteiger partial charge in [-0.2, -0.15) is 0 Å². The molecule has 2 aromatic heterocycles. The van der Waals surface area contributed by atoms with Gasteiger partial charge >= 0.3 is 0 Å². The van der Waals surface area contributed by atoms with Crippen LogP contribution in [0.15, 0.2) is 67.0 Å². The van der Waals surface area contributed by atoms with Crippen LogP contribution in [0.5, 0.6) is 5.75 Å². The van der Waals surface area contributed by atoms with Gasteiger partial charge in [0.2, 0.25) is 0 Å². The first-order chi connectivity index (χ1) is 12.8. The second-order valence-electron chi connectivity index (χ2n) is 5.89. The van der Waals surface area contributed by atoms with Gasteiger partial charge in [0, 0.05) is 34.5 Å². The number of hydrogen-bond donors (Lipinski definition) is 1. The van der Waals surface area contributed by atoms with E-state index in [1.165, 1.54) is 11.1 Å². The minimum Gasteiger partial charge on any atom is -0.496 e. The van der Waals surface area contributed by atoms with Crippen molar-refractivity contribution in [3.05, 3.63) is 72.6 Å². The first-order valence-electron chi connectivity index (χ1n) is 8.94. The molecule has 2 heterocycles. The van der Waals surface area contributed by atoms with Crippen LogP contribution >= 0.6 is 0 Å². The number of methoxy groups -OCH3 is 1. The third-order valence-electron chi connectivity index (χ3n) is 4.28. The van der Waals surface area contributed by atoms with Crippen LogP contribution in [0.25, 0.3) is 33.3 Å². The zero-order chi connectivity index (χ0) is 18.5. The van der Waals surface area contributed by atoms with Gasteiger partial charge in [-0.15, -0.1) is 0 Å². The number of ether oxygens (including phenoxy) is 1. The zero-order valence-electron chi connectivity index (χ0n) is 15.7. The van der Waals surface area contributed by atoms with Crippen molar-refractivity contribution in [2.75, 3.05) is 7.11 Å². The number of nitrogens with one attached hydrogen (secondary N) is 1. The molecule has 0 aliphatic rings.